The van der Waals surface area contributed by atoms with E-state index in [1.54, 1.807) is 18.2 Å². The Morgan fingerprint density at radius 3 is 2.50 bits per heavy atom. The number of hydrogen-bond donors (Lipinski definition) is 1. The zero-order valence-corrected chi connectivity index (χ0v) is 8.99. The Morgan fingerprint density at radius 1 is 1.25 bits per heavy atom. The summed E-state index contributed by atoms with van der Waals surface area (Å²) in [6.07, 6.45) is 1.77. The molecule has 0 saturated heterocycles. The van der Waals surface area contributed by atoms with E-state index in [0.717, 1.165) is 12.8 Å². The zero-order valence-electron chi connectivity index (χ0n) is 8.99. The first kappa shape index (κ1) is 9.39. The summed E-state index contributed by atoms with van der Waals surface area (Å²) in [7, 11) is 0. The van der Waals surface area contributed by atoms with Gasteiger partial charge in [-0.1, -0.05) is 6.07 Å². The van der Waals surface area contributed by atoms with Gasteiger partial charge in [-0.15, -0.1) is 0 Å². The van der Waals surface area contributed by atoms with Crippen LogP contribution >= 0.6 is 0 Å². The SMILES string of the molecule is CC1(N2C(=O)c3cccc(N)c3C2=O)CC1. The van der Waals surface area contributed by atoms with E-state index in [0.29, 0.717) is 16.8 Å². The Bertz CT molecular complexity index is 518. The molecule has 1 saturated carbocycles. The predicted molar refractivity (Wildman–Crippen MR) is 59.0 cm³/mol. The normalized spacial score (nSPS) is 21.2. The van der Waals surface area contributed by atoms with Crippen molar-refractivity contribution in [1.82, 2.24) is 4.90 Å². The number of nitrogens with two attached hydrogens (primary N) is 1. The number of nitrogens with zero attached hydrogens (tertiary/aromatic N) is 1. The van der Waals surface area contributed by atoms with Crippen LogP contribution in [-0.2, 0) is 0 Å². The molecule has 16 heavy (non-hydrogen) atoms. The first-order chi connectivity index (χ1) is 7.54. The summed E-state index contributed by atoms with van der Waals surface area (Å²) < 4.78 is 0. The number of anilines is 1. The Morgan fingerprint density at radius 2 is 1.94 bits per heavy atom. The number of imide groups is 1. The first-order valence-electron chi connectivity index (χ1n) is 5.32. The van der Waals surface area contributed by atoms with Gasteiger partial charge in [0.15, 0.2) is 0 Å². The van der Waals surface area contributed by atoms with Gasteiger partial charge in [-0.05, 0) is 31.9 Å². The fraction of sp³-hybridized carbons (Fsp3) is 0.333. The van der Waals surface area contributed by atoms with Crippen molar-refractivity contribution in [2.45, 2.75) is 25.3 Å². The van der Waals surface area contributed by atoms with E-state index in [1.807, 2.05) is 6.92 Å². The van der Waals surface area contributed by atoms with Gasteiger partial charge < -0.3 is 5.73 Å². The van der Waals surface area contributed by atoms with E-state index in [-0.39, 0.29) is 17.4 Å². The van der Waals surface area contributed by atoms with Crippen molar-refractivity contribution in [3.63, 3.8) is 0 Å². The van der Waals surface area contributed by atoms with Crippen molar-refractivity contribution in [2.24, 2.45) is 0 Å². The Labute approximate surface area is 93.0 Å². The summed E-state index contributed by atoms with van der Waals surface area (Å²) in [5, 5.41) is 0. The molecule has 2 N–H and O–H groups in total. The topological polar surface area (TPSA) is 63.4 Å². The molecular weight excluding hydrogens is 204 g/mol. The van der Waals surface area contributed by atoms with E-state index >= 15 is 0 Å². The van der Waals surface area contributed by atoms with Crippen molar-refractivity contribution >= 4 is 17.5 Å². The second-order valence-corrected chi connectivity index (χ2v) is 4.71. The number of nitrogen functional groups attached to an aromatic ring is 1. The van der Waals surface area contributed by atoms with E-state index < -0.39 is 0 Å². The molecule has 1 aromatic carbocycles. The second-order valence-electron chi connectivity index (χ2n) is 4.71. The quantitative estimate of drug-likeness (QED) is 0.570. The molecule has 2 aliphatic rings. The molecule has 4 nitrogen and oxygen atoms in total. The van der Waals surface area contributed by atoms with Gasteiger partial charge in [-0.25, -0.2) is 0 Å². The molecule has 1 aliphatic heterocycles. The molecule has 1 fully saturated rings. The third-order valence-electron chi connectivity index (χ3n) is 3.46. The highest BCUT2D eigenvalue weighted by atomic mass is 16.2. The Kier molecular flexibility index (Phi) is 1.55. The van der Waals surface area contributed by atoms with Gasteiger partial charge in [-0.2, -0.15) is 0 Å². The van der Waals surface area contributed by atoms with Gasteiger partial charge in [0, 0.05) is 11.2 Å². The van der Waals surface area contributed by atoms with E-state index in [1.165, 1.54) is 4.90 Å². The highest BCUT2D eigenvalue weighted by Crippen LogP contribution is 2.45. The van der Waals surface area contributed by atoms with Gasteiger partial charge in [-0.3, -0.25) is 14.5 Å². The highest BCUT2D eigenvalue weighted by Gasteiger charge is 2.53. The number of carbonyl (C=O) groups is 2. The number of hydrogen-bond acceptors (Lipinski definition) is 3. The lowest BCUT2D eigenvalue weighted by atomic mass is 10.1. The third-order valence-corrected chi connectivity index (χ3v) is 3.46. The molecule has 1 aliphatic carbocycles. The van der Waals surface area contributed by atoms with Crippen LogP contribution in [0.1, 0.15) is 40.5 Å². The average molecular weight is 216 g/mol. The average Bonchev–Trinajstić information content (AvgIpc) is 2.90. The van der Waals surface area contributed by atoms with Crippen LogP contribution in [0, 0.1) is 0 Å². The molecule has 0 atom stereocenters. The lowest BCUT2D eigenvalue weighted by Crippen LogP contribution is -2.39. The van der Waals surface area contributed by atoms with Gasteiger partial charge in [0.2, 0.25) is 0 Å². The molecule has 0 spiro atoms. The summed E-state index contributed by atoms with van der Waals surface area (Å²) in [4.78, 5) is 25.6. The molecule has 0 aromatic heterocycles. The van der Waals surface area contributed by atoms with Crippen molar-refractivity contribution in [1.29, 1.82) is 0 Å². The fourth-order valence-electron chi connectivity index (χ4n) is 2.21. The van der Waals surface area contributed by atoms with Crippen LogP contribution in [0.4, 0.5) is 5.69 Å². The molecular formula is C12H12N2O2. The summed E-state index contributed by atoms with van der Waals surface area (Å²) >= 11 is 0. The van der Waals surface area contributed by atoms with Gasteiger partial charge in [0.25, 0.3) is 11.8 Å². The van der Waals surface area contributed by atoms with Crippen molar-refractivity contribution in [3.05, 3.63) is 29.3 Å². The number of fused-ring (bicyclic) bond motifs is 1. The molecule has 0 bridgehead atoms. The summed E-state index contributed by atoms with van der Waals surface area (Å²) in [6, 6.07) is 5.03. The van der Waals surface area contributed by atoms with Crippen molar-refractivity contribution in [2.75, 3.05) is 5.73 Å². The summed E-state index contributed by atoms with van der Waals surface area (Å²) in [5.41, 5.74) is 6.68. The minimum absolute atomic E-state index is 0.202. The lowest BCUT2D eigenvalue weighted by molar-refractivity contribution is 0.0576. The molecule has 1 aromatic rings. The largest absolute Gasteiger partial charge is 0.398 e. The first-order valence-corrected chi connectivity index (χ1v) is 5.32. The maximum atomic E-state index is 12.1. The van der Waals surface area contributed by atoms with Crippen molar-refractivity contribution in [3.8, 4) is 0 Å². The van der Waals surface area contributed by atoms with Crippen LogP contribution in [0.15, 0.2) is 18.2 Å². The van der Waals surface area contributed by atoms with E-state index in [4.69, 9.17) is 5.73 Å². The summed E-state index contributed by atoms with van der Waals surface area (Å²) in [5.74, 6) is -0.439. The fourth-order valence-corrected chi connectivity index (χ4v) is 2.21. The number of carbonyl (C=O) groups excluding carboxylic acids is 2. The number of benzene rings is 1. The monoisotopic (exact) mass is 216 g/mol. The smallest absolute Gasteiger partial charge is 0.264 e. The van der Waals surface area contributed by atoms with Gasteiger partial charge in [0.05, 0.1) is 11.1 Å². The van der Waals surface area contributed by atoms with Gasteiger partial charge in [0.1, 0.15) is 0 Å². The van der Waals surface area contributed by atoms with Crippen LogP contribution in [0.25, 0.3) is 0 Å². The zero-order chi connectivity index (χ0) is 11.5. The van der Waals surface area contributed by atoms with Crippen LogP contribution < -0.4 is 5.73 Å². The third kappa shape index (κ3) is 0.988. The van der Waals surface area contributed by atoms with Crippen LogP contribution in [0.3, 0.4) is 0 Å². The molecule has 2 amide bonds. The summed E-state index contributed by atoms with van der Waals surface area (Å²) in [6.45, 7) is 1.94. The van der Waals surface area contributed by atoms with Crippen LogP contribution in [0.2, 0.25) is 0 Å². The molecule has 1 heterocycles. The van der Waals surface area contributed by atoms with Crippen molar-refractivity contribution < 1.29 is 9.59 Å². The Hall–Kier alpha value is -1.84. The van der Waals surface area contributed by atoms with Gasteiger partial charge >= 0.3 is 0 Å². The standard InChI is InChI=1S/C12H12N2O2/c1-12(5-6-12)14-10(15)7-3-2-4-8(13)9(7)11(14)16/h2-4H,5-6,13H2,1H3. The molecule has 0 radical (unpaired) electrons. The minimum atomic E-state index is -0.278. The molecule has 82 valence electrons. The lowest BCUT2D eigenvalue weighted by Gasteiger charge is -2.21. The minimum Gasteiger partial charge on any atom is -0.398 e. The molecule has 0 unspecified atom stereocenters. The second kappa shape index (κ2) is 2.64. The van der Waals surface area contributed by atoms with E-state index in [9.17, 15) is 9.59 Å². The highest BCUT2D eigenvalue weighted by molar-refractivity contribution is 6.24. The maximum absolute atomic E-state index is 12.1. The number of amides is 2. The molecule has 4 heteroatoms. The maximum Gasteiger partial charge on any atom is 0.264 e. The number of rotatable bonds is 1. The Balaban J connectivity index is 2.17. The molecule has 3 rings (SSSR count). The van der Waals surface area contributed by atoms with Crippen LogP contribution in [0.5, 0.6) is 0 Å². The van der Waals surface area contributed by atoms with E-state index in [2.05, 4.69) is 0 Å². The predicted octanol–water partition coefficient (Wildman–Crippen LogP) is 1.42. The van der Waals surface area contributed by atoms with Crippen LogP contribution in [-0.4, -0.2) is 22.3 Å².